The van der Waals surface area contributed by atoms with Crippen LogP contribution in [0, 0.1) is 20.8 Å². The predicted octanol–water partition coefficient (Wildman–Crippen LogP) is 3.65. The Morgan fingerprint density at radius 3 is 2.43 bits per heavy atom. The Bertz CT molecular complexity index is 902. The average Bonchev–Trinajstić information content (AvgIpc) is 2.96. The van der Waals surface area contributed by atoms with Gasteiger partial charge in [0, 0.05) is 0 Å². The van der Waals surface area contributed by atoms with Gasteiger partial charge >= 0.3 is 11.9 Å². The first-order valence-electron chi connectivity index (χ1n) is 8.67. The molecule has 7 nitrogen and oxygen atoms in total. The van der Waals surface area contributed by atoms with E-state index in [1.54, 1.807) is 19.9 Å². The third kappa shape index (κ3) is 4.89. The fourth-order valence-electron chi connectivity index (χ4n) is 2.61. The number of aryl methyl sites for hydroxylation is 2. The Balaban J connectivity index is 2.20. The third-order valence-electron chi connectivity index (χ3n) is 3.94. The number of nitrogens with one attached hydrogen (secondary N) is 1. The van der Waals surface area contributed by atoms with Crippen molar-refractivity contribution < 1.29 is 28.6 Å². The fourth-order valence-corrected chi connectivity index (χ4v) is 3.73. The number of hydrogen-bond donors (Lipinski definition) is 1. The van der Waals surface area contributed by atoms with Gasteiger partial charge in [-0.25, -0.2) is 9.59 Å². The lowest BCUT2D eigenvalue weighted by molar-refractivity contribution is -0.118. The Hall–Kier alpha value is -2.87. The van der Waals surface area contributed by atoms with Crippen LogP contribution in [-0.2, 0) is 14.3 Å². The minimum Gasteiger partial charge on any atom is -0.483 e. The summed E-state index contributed by atoms with van der Waals surface area (Å²) >= 11 is 0.965. The van der Waals surface area contributed by atoms with Gasteiger partial charge in [0.05, 0.1) is 19.3 Å². The van der Waals surface area contributed by atoms with Crippen LogP contribution in [0.3, 0.4) is 0 Å². The molecule has 0 atom stereocenters. The standard InChI is InChI=1S/C20H23NO6S/c1-6-26-19(23)16-13(4)17(20(24)25-5)28-18(16)21-15(22)10-27-14-8-7-11(2)9-12(14)3/h7-9H,6,10H2,1-5H3,(H,21,22). The predicted molar refractivity (Wildman–Crippen MR) is 106 cm³/mol. The molecule has 0 unspecified atom stereocenters. The third-order valence-corrected chi connectivity index (χ3v) is 5.13. The Morgan fingerprint density at radius 1 is 1.11 bits per heavy atom. The molecular formula is C20H23NO6S. The van der Waals surface area contributed by atoms with E-state index in [9.17, 15) is 14.4 Å². The van der Waals surface area contributed by atoms with Gasteiger partial charge in [-0.1, -0.05) is 17.7 Å². The van der Waals surface area contributed by atoms with Gasteiger partial charge in [-0.05, 0) is 44.9 Å². The summed E-state index contributed by atoms with van der Waals surface area (Å²) in [6.45, 7) is 7.08. The maximum atomic E-state index is 12.4. The SMILES string of the molecule is CCOC(=O)c1c(NC(=O)COc2ccc(C)cc2C)sc(C(=O)OC)c1C. The van der Waals surface area contributed by atoms with Crippen LogP contribution in [0.15, 0.2) is 18.2 Å². The molecule has 1 aromatic carbocycles. The molecule has 1 amide bonds. The van der Waals surface area contributed by atoms with Gasteiger partial charge in [0.2, 0.25) is 0 Å². The van der Waals surface area contributed by atoms with E-state index in [0.29, 0.717) is 11.3 Å². The maximum Gasteiger partial charge on any atom is 0.348 e. The molecule has 2 rings (SSSR count). The summed E-state index contributed by atoms with van der Waals surface area (Å²) in [5, 5.41) is 2.86. The van der Waals surface area contributed by atoms with Crippen LogP contribution in [0.25, 0.3) is 0 Å². The van der Waals surface area contributed by atoms with Crippen molar-refractivity contribution >= 4 is 34.2 Å². The Morgan fingerprint density at radius 2 is 1.82 bits per heavy atom. The van der Waals surface area contributed by atoms with Crippen LogP contribution < -0.4 is 10.1 Å². The van der Waals surface area contributed by atoms with E-state index in [1.807, 2.05) is 26.0 Å². The molecule has 0 aliphatic carbocycles. The zero-order valence-corrected chi connectivity index (χ0v) is 17.3. The first-order chi connectivity index (χ1) is 13.3. The molecule has 0 saturated heterocycles. The molecular weight excluding hydrogens is 382 g/mol. The number of methoxy groups -OCH3 is 1. The topological polar surface area (TPSA) is 90.9 Å². The van der Waals surface area contributed by atoms with Gasteiger partial charge in [0.25, 0.3) is 5.91 Å². The number of carbonyl (C=O) groups excluding carboxylic acids is 3. The molecule has 2 aromatic rings. The number of thiophene rings is 1. The molecule has 1 N–H and O–H groups in total. The number of amides is 1. The molecule has 0 aliphatic heterocycles. The first kappa shape index (κ1) is 21.4. The highest BCUT2D eigenvalue weighted by Gasteiger charge is 2.27. The summed E-state index contributed by atoms with van der Waals surface area (Å²) in [7, 11) is 1.25. The summed E-state index contributed by atoms with van der Waals surface area (Å²) < 4.78 is 15.4. The molecule has 0 bridgehead atoms. The van der Waals surface area contributed by atoms with E-state index in [4.69, 9.17) is 14.2 Å². The zero-order chi connectivity index (χ0) is 20.8. The minimum atomic E-state index is -0.614. The normalized spacial score (nSPS) is 10.3. The summed E-state index contributed by atoms with van der Waals surface area (Å²) in [5.41, 5.74) is 2.56. The van der Waals surface area contributed by atoms with E-state index in [2.05, 4.69) is 5.32 Å². The van der Waals surface area contributed by atoms with Crippen molar-refractivity contribution in [3.8, 4) is 5.75 Å². The van der Waals surface area contributed by atoms with Gasteiger partial charge in [0.15, 0.2) is 6.61 Å². The highest BCUT2D eigenvalue weighted by atomic mass is 32.1. The van der Waals surface area contributed by atoms with Crippen LogP contribution in [0.2, 0.25) is 0 Å². The Kier molecular flexibility index (Phi) is 7.17. The highest BCUT2D eigenvalue weighted by Crippen LogP contribution is 2.34. The van der Waals surface area contributed by atoms with Crippen LogP contribution in [0.5, 0.6) is 5.75 Å². The number of carbonyl (C=O) groups is 3. The van der Waals surface area contributed by atoms with E-state index >= 15 is 0 Å². The molecule has 0 fully saturated rings. The van der Waals surface area contributed by atoms with Gasteiger partial charge in [-0.2, -0.15) is 0 Å². The van der Waals surface area contributed by atoms with Crippen LogP contribution >= 0.6 is 11.3 Å². The summed E-state index contributed by atoms with van der Waals surface area (Å²) in [4.78, 5) is 36.8. The van der Waals surface area contributed by atoms with Crippen LogP contribution in [-0.4, -0.2) is 38.2 Å². The highest BCUT2D eigenvalue weighted by molar-refractivity contribution is 7.18. The largest absolute Gasteiger partial charge is 0.483 e. The zero-order valence-electron chi connectivity index (χ0n) is 16.5. The van der Waals surface area contributed by atoms with Gasteiger partial charge < -0.3 is 19.5 Å². The van der Waals surface area contributed by atoms with E-state index in [1.165, 1.54) is 7.11 Å². The van der Waals surface area contributed by atoms with Gasteiger partial charge in [0.1, 0.15) is 15.6 Å². The van der Waals surface area contributed by atoms with Crippen molar-refractivity contribution in [1.82, 2.24) is 0 Å². The lowest BCUT2D eigenvalue weighted by atomic mass is 10.1. The minimum absolute atomic E-state index is 0.145. The lowest BCUT2D eigenvalue weighted by Crippen LogP contribution is -2.21. The van der Waals surface area contributed by atoms with Crippen LogP contribution in [0.4, 0.5) is 5.00 Å². The van der Waals surface area contributed by atoms with E-state index in [-0.39, 0.29) is 28.7 Å². The number of hydrogen-bond acceptors (Lipinski definition) is 7. The smallest absolute Gasteiger partial charge is 0.348 e. The van der Waals surface area contributed by atoms with Gasteiger partial charge in [-0.15, -0.1) is 11.3 Å². The molecule has 8 heteroatoms. The fraction of sp³-hybridized carbons (Fsp3) is 0.350. The number of ether oxygens (including phenoxy) is 3. The molecule has 0 saturated carbocycles. The second kappa shape index (κ2) is 9.36. The monoisotopic (exact) mass is 405 g/mol. The average molecular weight is 405 g/mol. The molecule has 28 heavy (non-hydrogen) atoms. The summed E-state index contributed by atoms with van der Waals surface area (Å²) in [5.74, 6) is -1.05. The number of anilines is 1. The summed E-state index contributed by atoms with van der Waals surface area (Å²) in [6, 6.07) is 5.65. The Labute approximate surface area is 167 Å². The maximum absolute atomic E-state index is 12.4. The quantitative estimate of drug-likeness (QED) is 0.707. The van der Waals surface area contributed by atoms with Crippen molar-refractivity contribution in [3.05, 3.63) is 45.3 Å². The molecule has 150 valence electrons. The number of esters is 2. The van der Waals surface area contributed by atoms with Gasteiger partial charge in [-0.3, -0.25) is 4.79 Å². The van der Waals surface area contributed by atoms with E-state index < -0.39 is 17.8 Å². The number of rotatable bonds is 7. The molecule has 1 aromatic heterocycles. The van der Waals surface area contributed by atoms with Crippen molar-refractivity contribution in [2.24, 2.45) is 0 Å². The van der Waals surface area contributed by atoms with Crippen molar-refractivity contribution in [2.75, 3.05) is 25.6 Å². The second-order valence-electron chi connectivity index (χ2n) is 6.08. The van der Waals surface area contributed by atoms with Crippen LogP contribution in [0.1, 0.15) is 43.6 Å². The van der Waals surface area contributed by atoms with Crippen molar-refractivity contribution in [2.45, 2.75) is 27.7 Å². The van der Waals surface area contributed by atoms with E-state index in [0.717, 1.165) is 22.5 Å². The molecule has 0 radical (unpaired) electrons. The second-order valence-corrected chi connectivity index (χ2v) is 7.10. The molecule has 1 heterocycles. The van der Waals surface area contributed by atoms with Crippen molar-refractivity contribution in [3.63, 3.8) is 0 Å². The number of benzene rings is 1. The lowest BCUT2D eigenvalue weighted by Gasteiger charge is -2.10. The summed E-state index contributed by atoms with van der Waals surface area (Å²) in [6.07, 6.45) is 0. The van der Waals surface area contributed by atoms with Crippen molar-refractivity contribution in [1.29, 1.82) is 0 Å². The first-order valence-corrected chi connectivity index (χ1v) is 9.48. The molecule has 0 spiro atoms. The molecule has 0 aliphatic rings.